The van der Waals surface area contributed by atoms with Crippen molar-refractivity contribution in [3.05, 3.63) is 66.7 Å². The zero-order valence-electron chi connectivity index (χ0n) is 15.1. The fourth-order valence-corrected chi connectivity index (χ4v) is 3.93. The highest BCUT2D eigenvalue weighted by Gasteiger charge is 2.12. The molecular formula is C21H20N2O2S2. The smallest absolute Gasteiger partial charge is 0.286 e. The topological polar surface area (TPSA) is 49.4 Å². The number of anilines is 1. The highest BCUT2D eigenvalue weighted by molar-refractivity contribution is 8.13. The van der Waals surface area contributed by atoms with Crippen LogP contribution in [-0.4, -0.2) is 35.9 Å². The van der Waals surface area contributed by atoms with Crippen molar-refractivity contribution < 1.29 is 9.59 Å². The molecular weight excluding hydrogens is 376 g/mol. The Labute approximate surface area is 167 Å². The van der Waals surface area contributed by atoms with E-state index < -0.39 is 0 Å². The van der Waals surface area contributed by atoms with E-state index in [1.807, 2.05) is 42.5 Å². The summed E-state index contributed by atoms with van der Waals surface area (Å²) in [6.45, 7) is 0. The first-order valence-corrected chi connectivity index (χ1v) is 10.2. The van der Waals surface area contributed by atoms with Crippen molar-refractivity contribution in [2.24, 2.45) is 0 Å². The zero-order valence-corrected chi connectivity index (χ0v) is 16.8. The van der Waals surface area contributed by atoms with E-state index in [9.17, 15) is 9.59 Å². The molecule has 138 valence electrons. The molecule has 0 spiro atoms. The van der Waals surface area contributed by atoms with Gasteiger partial charge in [0.15, 0.2) is 0 Å². The molecule has 0 aromatic heterocycles. The average Bonchev–Trinajstić information content (AvgIpc) is 2.67. The lowest BCUT2D eigenvalue weighted by atomic mass is 10.1. The summed E-state index contributed by atoms with van der Waals surface area (Å²) in [6.07, 6.45) is 0. The van der Waals surface area contributed by atoms with Crippen LogP contribution in [0.4, 0.5) is 10.5 Å². The standard InChI is InChI=1S/C21H20N2O2S2/c1-23(2)21(25)27-19-10-6-5-9-18(19)22-20(24)14-26-17-12-11-15-7-3-4-8-16(15)13-17/h3-13H,14H2,1-2H3,(H,22,24). The molecule has 0 heterocycles. The van der Waals surface area contributed by atoms with Crippen LogP contribution in [0.1, 0.15) is 0 Å². The summed E-state index contributed by atoms with van der Waals surface area (Å²) in [5, 5.41) is 5.17. The number of thioether (sulfide) groups is 2. The molecule has 1 N–H and O–H groups in total. The van der Waals surface area contributed by atoms with Crippen LogP contribution in [0, 0.1) is 0 Å². The van der Waals surface area contributed by atoms with Gasteiger partial charge in [-0.2, -0.15) is 0 Å². The van der Waals surface area contributed by atoms with E-state index in [-0.39, 0.29) is 11.1 Å². The monoisotopic (exact) mass is 396 g/mol. The van der Waals surface area contributed by atoms with Crippen molar-refractivity contribution in [1.82, 2.24) is 4.90 Å². The molecule has 0 fully saturated rings. The lowest BCUT2D eigenvalue weighted by Gasteiger charge is -2.13. The molecule has 3 aromatic carbocycles. The minimum Gasteiger partial charge on any atom is -0.339 e. The highest BCUT2D eigenvalue weighted by atomic mass is 32.2. The summed E-state index contributed by atoms with van der Waals surface area (Å²) in [7, 11) is 3.41. The minimum atomic E-state index is -0.0986. The van der Waals surface area contributed by atoms with Crippen LogP contribution in [0.25, 0.3) is 10.8 Å². The van der Waals surface area contributed by atoms with E-state index in [1.54, 1.807) is 14.1 Å². The average molecular weight is 397 g/mol. The van der Waals surface area contributed by atoms with Crippen molar-refractivity contribution >= 4 is 51.1 Å². The number of carbonyl (C=O) groups excluding carboxylic acids is 2. The Morgan fingerprint density at radius 1 is 0.926 bits per heavy atom. The van der Waals surface area contributed by atoms with Crippen LogP contribution in [0.15, 0.2) is 76.5 Å². The fourth-order valence-electron chi connectivity index (χ4n) is 2.44. The van der Waals surface area contributed by atoms with Gasteiger partial charge in [0.05, 0.1) is 11.4 Å². The van der Waals surface area contributed by atoms with E-state index in [4.69, 9.17) is 0 Å². The van der Waals surface area contributed by atoms with Crippen molar-refractivity contribution in [3.63, 3.8) is 0 Å². The lowest BCUT2D eigenvalue weighted by Crippen LogP contribution is -2.17. The zero-order chi connectivity index (χ0) is 19.2. The highest BCUT2D eigenvalue weighted by Crippen LogP contribution is 2.29. The first-order chi connectivity index (χ1) is 13.0. The first kappa shape index (κ1) is 19.3. The Bertz CT molecular complexity index is 973. The quantitative estimate of drug-likeness (QED) is 0.591. The van der Waals surface area contributed by atoms with Gasteiger partial charge in [0.25, 0.3) is 5.24 Å². The second-order valence-corrected chi connectivity index (χ2v) is 8.15. The second kappa shape index (κ2) is 8.97. The summed E-state index contributed by atoms with van der Waals surface area (Å²) in [4.78, 5) is 27.6. The van der Waals surface area contributed by atoms with Gasteiger partial charge in [0.2, 0.25) is 5.91 Å². The third-order valence-corrected chi connectivity index (χ3v) is 5.92. The van der Waals surface area contributed by atoms with Gasteiger partial charge in [-0.3, -0.25) is 9.59 Å². The maximum Gasteiger partial charge on any atom is 0.286 e. The summed E-state index contributed by atoms with van der Waals surface area (Å²) in [5.74, 6) is 0.206. The summed E-state index contributed by atoms with van der Waals surface area (Å²) < 4.78 is 0. The molecule has 27 heavy (non-hydrogen) atoms. The van der Waals surface area contributed by atoms with Crippen LogP contribution < -0.4 is 5.32 Å². The van der Waals surface area contributed by atoms with E-state index in [2.05, 4.69) is 29.6 Å². The number of nitrogens with one attached hydrogen (secondary N) is 1. The van der Waals surface area contributed by atoms with Crippen LogP contribution in [-0.2, 0) is 4.79 Å². The van der Waals surface area contributed by atoms with Crippen LogP contribution in [0.5, 0.6) is 0 Å². The fraction of sp³-hybridized carbons (Fsp3) is 0.143. The van der Waals surface area contributed by atoms with Crippen molar-refractivity contribution in [2.45, 2.75) is 9.79 Å². The molecule has 3 aromatic rings. The number of amides is 2. The third kappa shape index (κ3) is 5.28. The lowest BCUT2D eigenvalue weighted by molar-refractivity contribution is -0.113. The molecule has 0 atom stereocenters. The van der Waals surface area contributed by atoms with Gasteiger partial charge in [0, 0.05) is 23.9 Å². The molecule has 0 saturated carbocycles. The van der Waals surface area contributed by atoms with Crippen LogP contribution in [0.2, 0.25) is 0 Å². The second-order valence-electron chi connectivity index (χ2n) is 6.10. The predicted molar refractivity (Wildman–Crippen MR) is 115 cm³/mol. The van der Waals surface area contributed by atoms with Gasteiger partial charge in [-0.1, -0.05) is 42.5 Å². The summed E-state index contributed by atoms with van der Waals surface area (Å²) in [6, 6.07) is 21.7. The molecule has 0 unspecified atom stereocenters. The van der Waals surface area contributed by atoms with Gasteiger partial charge in [-0.15, -0.1) is 11.8 Å². The molecule has 6 heteroatoms. The van der Waals surface area contributed by atoms with Crippen molar-refractivity contribution in [1.29, 1.82) is 0 Å². The number of rotatable bonds is 5. The number of carbonyl (C=O) groups is 2. The van der Waals surface area contributed by atoms with Gasteiger partial charge >= 0.3 is 0 Å². The summed E-state index contributed by atoms with van der Waals surface area (Å²) in [5.41, 5.74) is 0.654. The van der Waals surface area contributed by atoms with Gasteiger partial charge in [-0.05, 0) is 46.8 Å². The van der Waals surface area contributed by atoms with E-state index in [0.717, 1.165) is 26.9 Å². The Hall–Kier alpha value is -2.44. The molecule has 0 radical (unpaired) electrons. The first-order valence-electron chi connectivity index (χ1n) is 8.42. The SMILES string of the molecule is CN(C)C(=O)Sc1ccccc1NC(=O)CSc1ccc2ccccc2c1. The largest absolute Gasteiger partial charge is 0.339 e. The van der Waals surface area contributed by atoms with Gasteiger partial charge in [-0.25, -0.2) is 0 Å². The maximum absolute atomic E-state index is 12.4. The Kier molecular flexibility index (Phi) is 6.42. The Morgan fingerprint density at radius 3 is 2.41 bits per heavy atom. The number of nitrogens with zero attached hydrogens (tertiary/aromatic N) is 1. The Balaban J connectivity index is 1.63. The molecule has 0 bridgehead atoms. The number of benzene rings is 3. The predicted octanol–water partition coefficient (Wildman–Crippen LogP) is 5.34. The molecule has 0 aliphatic carbocycles. The molecule has 0 saturated heterocycles. The number of hydrogen-bond donors (Lipinski definition) is 1. The maximum atomic E-state index is 12.4. The number of para-hydroxylation sites is 1. The van der Waals surface area contributed by atoms with Crippen molar-refractivity contribution in [3.8, 4) is 0 Å². The number of hydrogen-bond acceptors (Lipinski definition) is 4. The van der Waals surface area contributed by atoms with Crippen LogP contribution in [0.3, 0.4) is 0 Å². The molecule has 4 nitrogen and oxygen atoms in total. The molecule has 0 aliphatic heterocycles. The Morgan fingerprint density at radius 2 is 1.63 bits per heavy atom. The normalized spacial score (nSPS) is 10.6. The number of fused-ring (bicyclic) bond motifs is 1. The van der Waals surface area contributed by atoms with Crippen LogP contribution >= 0.6 is 23.5 Å². The summed E-state index contributed by atoms with van der Waals surface area (Å²) >= 11 is 2.59. The van der Waals surface area contributed by atoms with E-state index in [1.165, 1.54) is 22.0 Å². The third-order valence-electron chi connectivity index (χ3n) is 3.81. The molecule has 3 rings (SSSR count). The van der Waals surface area contributed by atoms with Crippen molar-refractivity contribution in [2.75, 3.05) is 25.2 Å². The molecule has 0 aliphatic rings. The van der Waals surface area contributed by atoms with Gasteiger partial charge in [0.1, 0.15) is 0 Å². The molecule has 2 amide bonds. The van der Waals surface area contributed by atoms with Gasteiger partial charge < -0.3 is 10.2 Å². The van der Waals surface area contributed by atoms with E-state index >= 15 is 0 Å². The minimum absolute atomic E-state index is 0.0813. The van der Waals surface area contributed by atoms with E-state index in [0.29, 0.717) is 11.4 Å².